The fourth-order valence-electron chi connectivity index (χ4n) is 4.91. The fraction of sp³-hybridized carbons (Fsp3) is 0.320. The molecule has 2 N–H and O–H groups in total. The van der Waals surface area contributed by atoms with Crippen LogP contribution in [0.1, 0.15) is 35.9 Å². The van der Waals surface area contributed by atoms with Gasteiger partial charge in [0.1, 0.15) is 12.4 Å². The van der Waals surface area contributed by atoms with E-state index in [2.05, 4.69) is 15.4 Å². The van der Waals surface area contributed by atoms with E-state index in [0.29, 0.717) is 52.9 Å². The minimum atomic E-state index is -0.519. The second-order valence-electron chi connectivity index (χ2n) is 8.37. The number of nitrogens with one attached hydrogen (secondary N) is 1. The number of phenolic OH excluding ortho intramolecular Hbond substituents is 1. The van der Waals surface area contributed by atoms with E-state index in [1.807, 2.05) is 18.2 Å². The Bertz CT molecular complexity index is 1310. The largest absolute Gasteiger partial charge is 0.504 e. The smallest absolute Gasteiger partial charge is 0.226 e. The molecular formula is C25H26N4O6. The SMILES string of the molecule is COc1ccc([C@@H]2C3=C(C[C@@H](c4cc(OC)c(OC)c(OC)c4)CC3=O)Nc3ncnn32)cc1O. The number of aromatic nitrogens is 3. The molecule has 0 saturated carbocycles. The zero-order chi connectivity index (χ0) is 24.7. The summed E-state index contributed by atoms with van der Waals surface area (Å²) in [5, 5.41) is 18.0. The average Bonchev–Trinajstić information content (AvgIpc) is 3.34. The van der Waals surface area contributed by atoms with Crippen molar-refractivity contribution < 1.29 is 28.8 Å². The summed E-state index contributed by atoms with van der Waals surface area (Å²) in [5.41, 5.74) is 3.01. The van der Waals surface area contributed by atoms with Gasteiger partial charge in [-0.15, -0.1) is 0 Å². The number of ether oxygens (including phenoxy) is 4. The molecular weight excluding hydrogens is 452 g/mol. The van der Waals surface area contributed by atoms with Crippen LogP contribution in [0.3, 0.4) is 0 Å². The Morgan fingerprint density at radius 3 is 2.29 bits per heavy atom. The Labute approximate surface area is 202 Å². The minimum Gasteiger partial charge on any atom is -0.504 e. The first-order valence-electron chi connectivity index (χ1n) is 11.1. The van der Waals surface area contributed by atoms with Gasteiger partial charge in [-0.3, -0.25) is 4.79 Å². The lowest BCUT2D eigenvalue weighted by Crippen LogP contribution is -2.33. The maximum atomic E-state index is 13.6. The Morgan fingerprint density at radius 2 is 1.66 bits per heavy atom. The van der Waals surface area contributed by atoms with E-state index in [1.165, 1.54) is 13.4 Å². The third-order valence-electron chi connectivity index (χ3n) is 6.54. The number of Topliss-reactive ketones (excluding diaryl/α,β-unsaturated/α-hetero) is 1. The molecule has 2 aliphatic rings. The number of rotatable bonds is 6. The van der Waals surface area contributed by atoms with Gasteiger partial charge in [-0.05, 0) is 47.7 Å². The normalized spacial score (nSPS) is 18.9. The maximum Gasteiger partial charge on any atom is 0.226 e. The molecule has 5 rings (SSSR count). The predicted octanol–water partition coefficient (Wildman–Crippen LogP) is 3.43. The number of hydrogen-bond acceptors (Lipinski definition) is 9. The van der Waals surface area contributed by atoms with Gasteiger partial charge in [0.2, 0.25) is 11.7 Å². The van der Waals surface area contributed by atoms with Gasteiger partial charge in [0, 0.05) is 17.7 Å². The number of phenols is 1. The third-order valence-corrected chi connectivity index (χ3v) is 6.54. The molecule has 0 unspecified atom stereocenters. The molecule has 0 fully saturated rings. The highest BCUT2D eigenvalue weighted by molar-refractivity contribution is 6.00. The van der Waals surface area contributed by atoms with Crippen LogP contribution in [0.15, 0.2) is 47.9 Å². The molecule has 0 saturated heterocycles. The van der Waals surface area contributed by atoms with Crippen molar-refractivity contribution in [2.45, 2.75) is 24.8 Å². The van der Waals surface area contributed by atoms with Crippen molar-refractivity contribution in [3.63, 3.8) is 0 Å². The van der Waals surface area contributed by atoms with E-state index in [1.54, 1.807) is 38.1 Å². The molecule has 1 aliphatic carbocycles. The molecule has 182 valence electrons. The lowest BCUT2D eigenvalue weighted by Gasteiger charge is -2.35. The zero-order valence-electron chi connectivity index (χ0n) is 19.9. The van der Waals surface area contributed by atoms with Crippen molar-refractivity contribution in [2.24, 2.45) is 0 Å². The molecule has 2 heterocycles. The highest BCUT2D eigenvalue weighted by atomic mass is 16.5. The van der Waals surface area contributed by atoms with E-state index >= 15 is 0 Å². The average molecular weight is 479 g/mol. The zero-order valence-corrected chi connectivity index (χ0v) is 19.9. The van der Waals surface area contributed by atoms with Crippen LogP contribution in [-0.2, 0) is 4.79 Å². The molecule has 0 radical (unpaired) electrons. The first kappa shape index (κ1) is 22.6. The first-order chi connectivity index (χ1) is 17.0. The lowest BCUT2D eigenvalue weighted by molar-refractivity contribution is -0.116. The molecule has 0 spiro atoms. The van der Waals surface area contributed by atoms with Crippen LogP contribution in [0.2, 0.25) is 0 Å². The fourth-order valence-corrected chi connectivity index (χ4v) is 4.91. The summed E-state index contributed by atoms with van der Waals surface area (Å²) in [6, 6.07) is 8.35. The number of allylic oxidation sites excluding steroid dienone is 2. The lowest BCUT2D eigenvalue weighted by atomic mass is 9.77. The van der Waals surface area contributed by atoms with Crippen LogP contribution in [0.4, 0.5) is 5.95 Å². The number of carbonyl (C=O) groups is 1. The number of fused-ring (bicyclic) bond motifs is 1. The van der Waals surface area contributed by atoms with Gasteiger partial charge in [-0.25, -0.2) is 4.68 Å². The molecule has 3 aromatic rings. The summed E-state index contributed by atoms with van der Waals surface area (Å²) in [4.78, 5) is 18.0. The summed E-state index contributed by atoms with van der Waals surface area (Å²) < 4.78 is 23.3. The molecule has 35 heavy (non-hydrogen) atoms. The number of aromatic hydroxyl groups is 1. The summed E-state index contributed by atoms with van der Waals surface area (Å²) in [6.45, 7) is 0. The predicted molar refractivity (Wildman–Crippen MR) is 127 cm³/mol. The maximum absolute atomic E-state index is 13.6. The van der Waals surface area contributed by atoms with Crippen molar-refractivity contribution in [3.8, 4) is 28.7 Å². The molecule has 1 aromatic heterocycles. The van der Waals surface area contributed by atoms with Gasteiger partial charge in [0.25, 0.3) is 0 Å². The molecule has 0 bridgehead atoms. The highest BCUT2D eigenvalue weighted by Crippen LogP contribution is 2.47. The number of anilines is 1. The van der Waals surface area contributed by atoms with Crippen LogP contribution in [0.25, 0.3) is 0 Å². The van der Waals surface area contributed by atoms with Crippen molar-refractivity contribution >= 4 is 11.7 Å². The van der Waals surface area contributed by atoms with Crippen LogP contribution in [-0.4, -0.2) is 54.1 Å². The second kappa shape index (κ2) is 8.86. The number of benzene rings is 2. The van der Waals surface area contributed by atoms with E-state index in [9.17, 15) is 9.90 Å². The minimum absolute atomic E-state index is 0.00842. The molecule has 10 nitrogen and oxygen atoms in total. The quantitative estimate of drug-likeness (QED) is 0.549. The van der Waals surface area contributed by atoms with Crippen LogP contribution in [0, 0.1) is 0 Å². The van der Waals surface area contributed by atoms with E-state index in [0.717, 1.165) is 11.3 Å². The Morgan fingerprint density at radius 1 is 0.943 bits per heavy atom. The third kappa shape index (κ3) is 3.71. The number of hydrogen-bond donors (Lipinski definition) is 2. The van der Waals surface area contributed by atoms with Gasteiger partial charge in [0.15, 0.2) is 28.8 Å². The van der Waals surface area contributed by atoms with Gasteiger partial charge < -0.3 is 29.4 Å². The summed E-state index contributed by atoms with van der Waals surface area (Å²) in [5.74, 6) is 2.33. The molecule has 2 aromatic carbocycles. The molecule has 0 amide bonds. The van der Waals surface area contributed by atoms with E-state index < -0.39 is 6.04 Å². The van der Waals surface area contributed by atoms with Crippen LogP contribution in [0.5, 0.6) is 28.7 Å². The van der Waals surface area contributed by atoms with Crippen molar-refractivity contribution in [3.05, 3.63) is 59.1 Å². The Kier molecular flexibility index (Phi) is 5.72. The summed E-state index contributed by atoms with van der Waals surface area (Å²) >= 11 is 0. The van der Waals surface area contributed by atoms with Gasteiger partial charge in [0.05, 0.1) is 28.4 Å². The van der Waals surface area contributed by atoms with Gasteiger partial charge >= 0.3 is 0 Å². The summed E-state index contributed by atoms with van der Waals surface area (Å²) in [7, 11) is 6.18. The molecule has 2 atom stereocenters. The van der Waals surface area contributed by atoms with Crippen LogP contribution >= 0.6 is 0 Å². The van der Waals surface area contributed by atoms with Crippen molar-refractivity contribution in [2.75, 3.05) is 33.8 Å². The van der Waals surface area contributed by atoms with Crippen molar-refractivity contribution in [1.82, 2.24) is 14.8 Å². The summed E-state index contributed by atoms with van der Waals surface area (Å²) in [6.07, 6.45) is 2.31. The standard InChI is InChI=1S/C25H26N4O6/c1-32-19-6-5-13(8-17(19)30)23-22-16(28-25-26-12-27-29(23)25)7-14(9-18(22)31)15-10-20(33-2)24(35-4)21(11-15)34-3/h5-6,8,10-12,14,23,30H,7,9H2,1-4H3,(H,26,27,28)/t14-,23-/m1/s1. The van der Waals surface area contributed by atoms with Gasteiger partial charge in [-0.2, -0.15) is 10.1 Å². The molecule has 1 aliphatic heterocycles. The Balaban J connectivity index is 1.57. The number of ketones is 1. The van der Waals surface area contributed by atoms with E-state index in [-0.39, 0.29) is 17.5 Å². The second-order valence-corrected chi connectivity index (χ2v) is 8.37. The monoisotopic (exact) mass is 478 g/mol. The number of methoxy groups -OCH3 is 4. The Hall–Kier alpha value is -4.21. The first-order valence-corrected chi connectivity index (χ1v) is 11.1. The van der Waals surface area contributed by atoms with Crippen LogP contribution < -0.4 is 24.3 Å². The van der Waals surface area contributed by atoms with E-state index in [4.69, 9.17) is 18.9 Å². The molecule has 10 heteroatoms. The van der Waals surface area contributed by atoms with Gasteiger partial charge in [-0.1, -0.05) is 6.07 Å². The number of nitrogens with zero attached hydrogens (tertiary/aromatic N) is 3. The van der Waals surface area contributed by atoms with Crippen molar-refractivity contribution in [1.29, 1.82) is 0 Å². The topological polar surface area (TPSA) is 117 Å². The number of carbonyl (C=O) groups excluding carboxylic acids is 1. The highest BCUT2D eigenvalue weighted by Gasteiger charge is 2.40.